The third-order valence-electron chi connectivity index (χ3n) is 3.97. The lowest BCUT2D eigenvalue weighted by atomic mass is 10.0. The van der Waals surface area contributed by atoms with E-state index in [0.29, 0.717) is 25.5 Å². The molecule has 0 aliphatic carbocycles. The summed E-state index contributed by atoms with van der Waals surface area (Å²) in [6.45, 7) is 5.37. The molecule has 1 aromatic carbocycles. The van der Waals surface area contributed by atoms with E-state index in [-0.39, 0.29) is 12.3 Å². The SMILES string of the molecule is CC(C)COc1ccc(CC(=O)N2CCCCC2C(=O)O)cc1. The summed E-state index contributed by atoms with van der Waals surface area (Å²) >= 11 is 0. The number of carboxylic acid groups (broad SMARTS) is 1. The van der Waals surface area contributed by atoms with Crippen molar-refractivity contribution in [2.75, 3.05) is 13.2 Å². The maximum absolute atomic E-state index is 12.4. The van der Waals surface area contributed by atoms with E-state index in [0.717, 1.165) is 24.2 Å². The predicted octanol–water partition coefficient (Wildman–Crippen LogP) is 2.73. The number of rotatable bonds is 6. The lowest BCUT2D eigenvalue weighted by Gasteiger charge is -2.33. The molecular weight excluding hydrogens is 294 g/mol. The molecule has 1 aliphatic rings. The summed E-state index contributed by atoms with van der Waals surface area (Å²) in [5.41, 5.74) is 0.876. The van der Waals surface area contributed by atoms with E-state index in [4.69, 9.17) is 4.74 Å². The summed E-state index contributed by atoms with van der Waals surface area (Å²) in [4.78, 5) is 25.2. The fourth-order valence-electron chi connectivity index (χ4n) is 2.73. The molecule has 1 N–H and O–H groups in total. The Hall–Kier alpha value is -2.04. The molecule has 0 saturated carbocycles. The molecule has 1 aromatic rings. The van der Waals surface area contributed by atoms with Crippen molar-refractivity contribution in [3.63, 3.8) is 0 Å². The van der Waals surface area contributed by atoms with E-state index in [2.05, 4.69) is 13.8 Å². The van der Waals surface area contributed by atoms with Crippen LogP contribution in [0, 0.1) is 5.92 Å². The van der Waals surface area contributed by atoms with Crippen molar-refractivity contribution in [3.8, 4) is 5.75 Å². The molecule has 126 valence electrons. The summed E-state index contributed by atoms with van der Waals surface area (Å²) in [6, 6.07) is 6.77. The van der Waals surface area contributed by atoms with Gasteiger partial charge in [-0.05, 0) is 42.9 Å². The van der Waals surface area contributed by atoms with Crippen LogP contribution in [0.5, 0.6) is 5.75 Å². The van der Waals surface area contributed by atoms with Gasteiger partial charge < -0.3 is 14.7 Å². The van der Waals surface area contributed by atoms with Gasteiger partial charge in [0.05, 0.1) is 13.0 Å². The number of aliphatic carboxylic acids is 1. The minimum atomic E-state index is -0.907. The second kappa shape index (κ2) is 7.99. The Labute approximate surface area is 137 Å². The van der Waals surface area contributed by atoms with E-state index >= 15 is 0 Å². The van der Waals surface area contributed by atoms with E-state index in [1.54, 1.807) is 0 Å². The smallest absolute Gasteiger partial charge is 0.326 e. The van der Waals surface area contributed by atoms with Crippen molar-refractivity contribution < 1.29 is 19.4 Å². The molecule has 5 nitrogen and oxygen atoms in total. The van der Waals surface area contributed by atoms with Gasteiger partial charge in [-0.2, -0.15) is 0 Å². The quantitative estimate of drug-likeness (QED) is 0.875. The van der Waals surface area contributed by atoms with Gasteiger partial charge in [0.2, 0.25) is 5.91 Å². The zero-order chi connectivity index (χ0) is 16.8. The number of carboxylic acids is 1. The van der Waals surface area contributed by atoms with Crippen LogP contribution >= 0.6 is 0 Å². The minimum Gasteiger partial charge on any atom is -0.493 e. The second-order valence-electron chi connectivity index (χ2n) is 6.46. The normalized spacial score (nSPS) is 18.0. The molecule has 23 heavy (non-hydrogen) atoms. The van der Waals surface area contributed by atoms with E-state index in [1.807, 2.05) is 24.3 Å². The van der Waals surface area contributed by atoms with Crippen molar-refractivity contribution in [2.24, 2.45) is 5.92 Å². The molecule has 1 atom stereocenters. The van der Waals surface area contributed by atoms with Gasteiger partial charge >= 0.3 is 5.97 Å². The van der Waals surface area contributed by atoms with Crippen LogP contribution in [0.4, 0.5) is 0 Å². The zero-order valence-corrected chi connectivity index (χ0v) is 13.8. The molecule has 2 rings (SSSR count). The Morgan fingerprint density at radius 2 is 1.96 bits per heavy atom. The van der Waals surface area contributed by atoms with Crippen LogP contribution < -0.4 is 4.74 Å². The van der Waals surface area contributed by atoms with Crippen molar-refractivity contribution in [1.29, 1.82) is 0 Å². The first-order valence-electron chi connectivity index (χ1n) is 8.21. The molecule has 0 bridgehead atoms. The van der Waals surface area contributed by atoms with Crippen molar-refractivity contribution in [3.05, 3.63) is 29.8 Å². The van der Waals surface area contributed by atoms with Crippen LogP contribution in [0.25, 0.3) is 0 Å². The predicted molar refractivity (Wildman–Crippen MR) is 87.5 cm³/mol. The van der Waals surface area contributed by atoms with Gasteiger partial charge in [0.25, 0.3) is 0 Å². The maximum Gasteiger partial charge on any atom is 0.326 e. The molecule has 0 radical (unpaired) electrons. The van der Waals surface area contributed by atoms with Crippen LogP contribution in [-0.4, -0.2) is 41.1 Å². The molecule has 1 saturated heterocycles. The number of carbonyl (C=O) groups is 2. The molecule has 1 aliphatic heterocycles. The van der Waals surface area contributed by atoms with Gasteiger partial charge in [-0.15, -0.1) is 0 Å². The minimum absolute atomic E-state index is 0.118. The number of piperidine rings is 1. The molecule has 0 spiro atoms. The highest BCUT2D eigenvalue weighted by Gasteiger charge is 2.31. The average Bonchev–Trinajstić information content (AvgIpc) is 2.54. The largest absolute Gasteiger partial charge is 0.493 e. The Bertz CT molecular complexity index is 538. The lowest BCUT2D eigenvalue weighted by Crippen LogP contribution is -2.48. The number of nitrogens with zero attached hydrogens (tertiary/aromatic N) is 1. The monoisotopic (exact) mass is 319 g/mol. The highest BCUT2D eigenvalue weighted by molar-refractivity contribution is 5.85. The van der Waals surface area contributed by atoms with Crippen LogP contribution in [0.3, 0.4) is 0 Å². The highest BCUT2D eigenvalue weighted by Crippen LogP contribution is 2.19. The number of benzene rings is 1. The molecule has 1 fully saturated rings. The molecule has 1 unspecified atom stereocenters. The van der Waals surface area contributed by atoms with Crippen molar-refractivity contribution >= 4 is 11.9 Å². The zero-order valence-electron chi connectivity index (χ0n) is 13.8. The van der Waals surface area contributed by atoms with Crippen LogP contribution in [0.2, 0.25) is 0 Å². The van der Waals surface area contributed by atoms with Crippen LogP contribution in [-0.2, 0) is 16.0 Å². The first-order chi connectivity index (χ1) is 11.0. The molecule has 5 heteroatoms. The van der Waals surface area contributed by atoms with E-state index < -0.39 is 12.0 Å². The molecule has 0 aromatic heterocycles. The van der Waals surface area contributed by atoms with Crippen LogP contribution in [0.15, 0.2) is 24.3 Å². The Morgan fingerprint density at radius 3 is 2.57 bits per heavy atom. The fourth-order valence-corrected chi connectivity index (χ4v) is 2.73. The highest BCUT2D eigenvalue weighted by atomic mass is 16.5. The van der Waals surface area contributed by atoms with Crippen molar-refractivity contribution in [2.45, 2.75) is 45.6 Å². The number of hydrogen-bond donors (Lipinski definition) is 1. The lowest BCUT2D eigenvalue weighted by molar-refractivity contribution is -0.151. The third-order valence-corrected chi connectivity index (χ3v) is 3.97. The number of likely N-dealkylation sites (tertiary alicyclic amines) is 1. The van der Waals surface area contributed by atoms with E-state index in [9.17, 15) is 14.7 Å². The standard InChI is InChI=1S/C18H25NO4/c1-13(2)12-23-15-8-6-14(7-9-15)11-17(20)19-10-4-3-5-16(19)18(21)22/h6-9,13,16H,3-5,10-12H2,1-2H3,(H,21,22). The number of carbonyl (C=O) groups excluding carboxylic acids is 1. The van der Waals surface area contributed by atoms with E-state index in [1.165, 1.54) is 4.90 Å². The van der Waals surface area contributed by atoms with Gasteiger partial charge in [-0.3, -0.25) is 4.79 Å². The summed E-state index contributed by atoms with van der Waals surface area (Å²) in [5, 5.41) is 9.25. The Morgan fingerprint density at radius 1 is 1.26 bits per heavy atom. The summed E-state index contributed by atoms with van der Waals surface area (Å²) in [6.07, 6.45) is 2.51. The van der Waals surface area contributed by atoms with Gasteiger partial charge in [0.15, 0.2) is 0 Å². The summed E-state index contributed by atoms with van der Waals surface area (Å²) < 4.78 is 5.62. The fraction of sp³-hybridized carbons (Fsp3) is 0.556. The third kappa shape index (κ3) is 4.98. The average molecular weight is 319 g/mol. The first-order valence-corrected chi connectivity index (χ1v) is 8.21. The summed E-state index contributed by atoms with van der Waals surface area (Å²) in [7, 11) is 0. The number of ether oxygens (including phenoxy) is 1. The Balaban J connectivity index is 1.95. The maximum atomic E-state index is 12.4. The molecule has 1 heterocycles. The second-order valence-corrected chi connectivity index (χ2v) is 6.46. The van der Waals surface area contributed by atoms with Gasteiger partial charge in [0, 0.05) is 6.54 Å². The van der Waals surface area contributed by atoms with Gasteiger partial charge in [-0.1, -0.05) is 26.0 Å². The van der Waals surface area contributed by atoms with Gasteiger partial charge in [-0.25, -0.2) is 4.79 Å². The first kappa shape index (κ1) is 17.3. The number of amides is 1. The Kier molecular flexibility index (Phi) is 6.02. The summed E-state index contributed by atoms with van der Waals surface area (Å²) in [5.74, 6) is 0.225. The van der Waals surface area contributed by atoms with Crippen LogP contribution in [0.1, 0.15) is 38.7 Å². The van der Waals surface area contributed by atoms with Crippen molar-refractivity contribution in [1.82, 2.24) is 4.90 Å². The number of hydrogen-bond acceptors (Lipinski definition) is 3. The molecule has 1 amide bonds. The topological polar surface area (TPSA) is 66.8 Å². The van der Waals surface area contributed by atoms with Gasteiger partial charge in [0.1, 0.15) is 11.8 Å². The molecular formula is C18H25NO4.